The normalized spacial score (nSPS) is 14.4. The topological polar surface area (TPSA) is 99.8 Å². The Morgan fingerprint density at radius 2 is 2.05 bits per heavy atom. The van der Waals surface area contributed by atoms with E-state index < -0.39 is 11.4 Å². The number of rotatable bonds is 4. The first-order valence-corrected chi connectivity index (χ1v) is 7.31. The largest absolute Gasteiger partial charge is 0.504 e. The van der Waals surface area contributed by atoms with Crippen LogP contribution < -0.4 is 5.43 Å². The van der Waals surface area contributed by atoms with E-state index in [9.17, 15) is 24.9 Å². The number of aromatic carboxylic acids is 1. The maximum atomic E-state index is 12.5. The Bertz CT molecular complexity index is 833. The number of nitrogens with zero attached hydrogens (tertiary/aromatic N) is 1. The van der Waals surface area contributed by atoms with Gasteiger partial charge in [0, 0.05) is 23.9 Å². The smallest absolute Gasteiger partial charge is 0.341 e. The van der Waals surface area contributed by atoms with Crippen LogP contribution in [0.3, 0.4) is 0 Å². The highest BCUT2D eigenvalue weighted by Gasteiger charge is 2.28. The van der Waals surface area contributed by atoms with Crippen molar-refractivity contribution in [3.63, 3.8) is 0 Å². The molecule has 0 aliphatic heterocycles. The van der Waals surface area contributed by atoms with E-state index in [4.69, 9.17) is 0 Å². The molecule has 0 bridgehead atoms. The van der Waals surface area contributed by atoms with E-state index in [1.54, 1.807) is 4.57 Å². The van der Waals surface area contributed by atoms with Crippen LogP contribution in [-0.4, -0.2) is 25.9 Å². The highest BCUT2D eigenvalue weighted by molar-refractivity contribution is 5.95. The molecule has 1 aromatic heterocycles. The molecule has 3 N–H and O–H groups in total. The number of phenolic OH excluding ortho intramolecular Hbond substituents is 2. The van der Waals surface area contributed by atoms with Crippen molar-refractivity contribution < 1.29 is 20.1 Å². The molecular weight excluding hydrogens is 286 g/mol. The van der Waals surface area contributed by atoms with Crippen LogP contribution in [0.15, 0.2) is 17.1 Å². The zero-order valence-corrected chi connectivity index (χ0v) is 12.2. The lowest BCUT2D eigenvalue weighted by atomic mass is 9.99. The molecule has 22 heavy (non-hydrogen) atoms. The number of benzene rings is 1. The van der Waals surface area contributed by atoms with Crippen molar-refractivity contribution in [2.75, 3.05) is 0 Å². The predicted molar refractivity (Wildman–Crippen MR) is 80.8 cm³/mol. The van der Waals surface area contributed by atoms with Crippen LogP contribution in [0.1, 0.15) is 48.1 Å². The molecule has 0 atom stereocenters. The lowest BCUT2D eigenvalue weighted by Gasteiger charge is -2.16. The van der Waals surface area contributed by atoms with Crippen LogP contribution >= 0.6 is 0 Å². The van der Waals surface area contributed by atoms with E-state index in [0.29, 0.717) is 23.9 Å². The molecule has 1 heterocycles. The second-order valence-electron chi connectivity index (χ2n) is 5.68. The van der Waals surface area contributed by atoms with E-state index in [1.807, 2.05) is 6.92 Å². The van der Waals surface area contributed by atoms with E-state index in [0.717, 1.165) is 12.8 Å². The lowest BCUT2D eigenvalue weighted by Crippen LogP contribution is -2.20. The summed E-state index contributed by atoms with van der Waals surface area (Å²) < 4.78 is 1.73. The van der Waals surface area contributed by atoms with Gasteiger partial charge >= 0.3 is 5.97 Å². The molecule has 6 heteroatoms. The van der Waals surface area contributed by atoms with E-state index in [1.165, 1.54) is 12.3 Å². The van der Waals surface area contributed by atoms with Crippen molar-refractivity contribution in [3.05, 3.63) is 33.6 Å². The average Bonchev–Trinajstić information content (AvgIpc) is 3.28. The predicted octanol–water partition coefficient (Wildman–Crippen LogP) is 2.40. The first kappa shape index (κ1) is 14.4. The molecular formula is C16H17NO5. The molecule has 0 unspecified atom stereocenters. The fourth-order valence-corrected chi connectivity index (χ4v) is 2.86. The van der Waals surface area contributed by atoms with Gasteiger partial charge in [-0.3, -0.25) is 4.79 Å². The van der Waals surface area contributed by atoms with Crippen LogP contribution in [0, 0.1) is 0 Å². The summed E-state index contributed by atoms with van der Waals surface area (Å²) in [6.45, 7) is 1.88. The molecule has 1 fully saturated rings. The molecule has 6 nitrogen and oxygen atoms in total. The molecule has 1 aliphatic rings. The number of carbonyl (C=O) groups is 1. The summed E-state index contributed by atoms with van der Waals surface area (Å²) in [7, 11) is 0. The summed E-state index contributed by atoms with van der Waals surface area (Å²) in [5.41, 5.74) is -0.115. The summed E-state index contributed by atoms with van der Waals surface area (Å²) in [4.78, 5) is 23.9. The van der Waals surface area contributed by atoms with Crippen molar-refractivity contribution in [1.29, 1.82) is 0 Å². The molecule has 0 amide bonds. The highest BCUT2D eigenvalue weighted by Crippen LogP contribution is 2.41. The molecule has 1 aromatic carbocycles. The van der Waals surface area contributed by atoms with Gasteiger partial charge in [-0.2, -0.15) is 0 Å². The number of phenols is 2. The summed E-state index contributed by atoms with van der Waals surface area (Å²) in [6.07, 6.45) is 4.20. The van der Waals surface area contributed by atoms with Crippen LogP contribution in [-0.2, 0) is 6.42 Å². The number of aromatic hydroxyl groups is 2. The number of carboxylic acids is 1. The van der Waals surface area contributed by atoms with E-state index >= 15 is 0 Å². The number of aryl methyl sites for hydroxylation is 1. The zero-order chi connectivity index (χ0) is 16.0. The second-order valence-corrected chi connectivity index (χ2v) is 5.68. The Morgan fingerprint density at radius 1 is 1.36 bits per heavy atom. The van der Waals surface area contributed by atoms with Gasteiger partial charge in [0.15, 0.2) is 11.5 Å². The molecule has 0 radical (unpaired) electrons. The zero-order valence-electron chi connectivity index (χ0n) is 12.2. The van der Waals surface area contributed by atoms with Crippen LogP contribution in [0.2, 0.25) is 0 Å². The maximum absolute atomic E-state index is 12.5. The van der Waals surface area contributed by atoms with Crippen molar-refractivity contribution in [1.82, 2.24) is 4.57 Å². The maximum Gasteiger partial charge on any atom is 0.341 e. The van der Waals surface area contributed by atoms with Crippen molar-refractivity contribution in [3.8, 4) is 11.5 Å². The number of pyridine rings is 1. The third kappa shape index (κ3) is 2.11. The van der Waals surface area contributed by atoms with Gasteiger partial charge in [0.2, 0.25) is 5.43 Å². The number of fused-ring (bicyclic) bond motifs is 1. The van der Waals surface area contributed by atoms with Gasteiger partial charge in [-0.25, -0.2) is 4.79 Å². The van der Waals surface area contributed by atoms with Crippen molar-refractivity contribution in [2.24, 2.45) is 0 Å². The molecule has 2 aromatic rings. The highest BCUT2D eigenvalue weighted by atomic mass is 16.4. The van der Waals surface area contributed by atoms with Crippen LogP contribution in [0.25, 0.3) is 10.9 Å². The van der Waals surface area contributed by atoms with Gasteiger partial charge < -0.3 is 19.9 Å². The SMILES string of the molecule is CCCc1c(O)c(O)cc2c1c(=O)c(C(=O)O)cn2C1CC1. The fraction of sp³-hybridized carbons (Fsp3) is 0.375. The van der Waals surface area contributed by atoms with Gasteiger partial charge in [-0.05, 0) is 19.3 Å². The summed E-state index contributed by atoms with van der Waals surface area (Å²) >= 11 is 0. The number of hydrogen-bond donors (Lipinski definition) is 3. The Labute approximate surface area is 126 Å². The third-order valence-corrected chi connectivity index (χ3v) is 4.05. The first-order valence-electron chi connectivity index (χ1n) is 7.31. The van der Waals surface area contributed by atoms with Gasteiger partial charge in [0.25, 0.3) is 0 Å². The molecule has 0 saturated heterocycles. The molecule has 0 spiro atoms. The third-order valence-electron chi connectivity index (χ3n) is 4.05. The Kier molecular flexibility index (Phi) is 3.31. The quantitative estimate of drug-likeness (QED) is 0.753. The van der Waals surface area contributed by atoms with Gasteiger partial charge in [0.05, 0.1) is 10.9 Å². The van der Waals surface area contributed by atoms with Gasteiger partial charge in [-0.1, -0.05) is 13.3 Å². The summed E-state index contributed by atoms with van der Waals surface area (Å²) in [6, 6.07) is 1.48. The summed E-state index contributed by atoms with van der Waals surface area (Å²) in [5, 5.41) is 29.5. The Morgan fingerprint density at radius 3 is 2.59 bits per heavy atom. The lowest BCUT2D eigenvalue weighted by molar-refractivity contribution is 0.0695. The molecule has 1 saturated carbocycles. The Hall–Kier alpha value is -2.50. The minimum absolute atomic E-state index is 0.139. The van der Waals surface area contributed by atoms with E-state index in [-0.39, 0.29) is 28.5 Å². The molecule has 1 aliphatic carbocycles. The minimum atomic E-state index is -1.28. The van der Waals surface area contributed by atoms with Crippen LogP contribution in [0.5, 0.6) is 11.5 Å². The van der Waals surface area contributed by atoms with Gasteiger partial charge in [-0.15, -0.1) is 0 Å². The standard InChI is InChI=1S/C16H17NO5/c1-2-3-9-13-11(6-12(18)14(9)19)17(8-4-5-8)7-10(15(13)20)16(21)22/h6-8,18-19H,2-5H2,1H3,(H,21,22). The van der Waals surface area contributed by atoms with Crippen molar-refractivity contribution in [2.45, 2.75) is 38.6 Å². The fourth-order valence-electron chi connectivity index (χ4n) is 2.86. The molecule has 116 valence electrons. The Balaban J connectivity index is 2.49. The van der Waals surface area contributed by atoms with Gasteiger partial charge in [0.1, 0.15) is 5.56 Å². The summed E-state index contributed by atoms with van der Waals surface area (Å²) in [5.74, 6) is -1.90. The molecule has 3 rings (SSSR count). The number of aromatic nitrogens is 1. The second kappa shape index (κ2) is 5.05. The number of hydrogen-bond acceptors (Lipinski definition) is 4. The monoisotopic (exact) mass is 303 g/mol. The first-order chi connectivity index (χ1) is 10.5. The average molecular weight is 303 g/mol. The minimum Gasteiger partial charge on any atom is -0.504 e. The number of carboxylic acid groups (broad SMARTS) is 1. The van der Waals surface area contributed by atoms with Crippen LogP contribution in [0.4, 0.5) is 0 Å². The van der Waals surface area contributed by atoms with Crippen molar-refractivity contribution >= 4 is 16.9 Å². The van der Waals surface area contributed by atoms with E-state index in [2.05, 4.69) is 0 Å².